The normalized spacial score (nSPS) is 20.0. The van der Waals surface area contributed by atoms with E-state index in [-0.39, 0.29) is 17.2 Å². The lowest BCUT2D eigenvalue weighted by molar-refractivity contribution is -0.128. The first-order chi connectivity index (χ1) is 6.41. The van der Waals surface area contributed by atoms with Crippen LogP contribution in [0.2, 0.25) is 0 Å². The van der Waals surface area contributed by atoms with Crippen molar-refractivity contribution in [2.24, 2.45) is 11.3 Å². The number of rotatable bonds is 3. The van der Waals surface area contributed by atoms with Gasteiger partial charge in [-0.3, -0.25) is 4.79 Å². The van der Waals surface area contributed by atoms with Crippen LogP contribution in [-0.2, 0) is 4.79 Å². The fourth-order valence-electron chi connectivity index (χ4n) is 1.32. The second kappa shape index (κ2) is 4.30. The van der Waals surface area contributed by atoms with Gasteiger partial charge in [0.15, 0.2) is 0 Å². The lowest BCUT2D eigenvalue weighted by Gasteiger charge is -2.28. The molecule has 1 atom stereocenters. The molecule has 0 saturated heterocycles. The Balaban J connectivity index is 2.22. The van der Waals surface area contributed by atoms with E-state index in [2.05, 4.69) is 5.32 Å². The molecule has 3 heteroatoms. The first-order valence-corrected chi connectivity index (χ1v) is 5.37. The van der Waals surface area contributed by atoms with Gasteiger partial charge in [0.2, 0.25) is 5.91 Å². The lowest BCUT2D eigenvalue weighted by Crippen LogP contribution is -2.42. The molecule has 1 aliphatic rings. The van der Waals surface area contributed by atoms with Crippen LogP contribution in [-0.4, -0.2) is 23.7 Å². The van der Waals surface area contributed by atoms with Gasteiger partial charge in [-0.25, -0.2) is 0 Å². The Hall–Kier alpha value is -0.570. The Bertz CT molecular complexity index is 204. The van der Waals surface area contributed by atoms with Crippen molar-refractivity contribution in [1.29, 1.82) is 0 Å². The van der Waals surface area contributed by atoms with Crippen LogP contribution in [0.25, 0.3) is 0 Å². The summed E-state index contributed by atoms with van der Waals surface area (Å²) < 4.78 is 0. The van der Waals surface area contributed by atoms with Gasteiger partial charge in [0, 0.05) is 12.5 Å². The Kier molecular flexibility index (Phi) is 3.53. The van der Waals surface area contributed by atoms with E-state index in [1.807, 2.05) is 20.8 Å². The van der Waals surface area contributed by atoms with E-state index in [0.717, 1.165) is 12.8 Å². The Morgan fingerprint density at radius 3 is 2.43 bits per heavy atom. The van der Waals surface area contributed by atoms with Crippen LogP contribution in [0.15, 0.2) is 0 Å². The smallest absolute Gasteiger partial charge is 0.223 e. The Labute approximate surface area is 85.9 Å². The van der Waals surface area contributed by atoms with E-state index in [4.69, 9.17) is 0 Å². The Morgan fingerprint density at radius 2 is 2.07 bits per heavy atom. The number of nitrogens with one attached hydrogen (secondary N) is 1. The van der Waals surface area contributed by atoms with Crippen molar-refractivity contribution in [2.45, 2.75) is 46.1 Å². The van der Waals surface area contributed by atoms with Gasteiger partial charge in [-0.05, 0) is 18.3 Å². The molecule has 0 heterocycles. The summed E-state index contributed by atoms with van der Waals surface area (Å²) in [5.74, 6) is 0.321. The summed E-state index contributed by atoms with van der Waals surface area (Å²) in [6.45, 7) is 6.27. The predicted octanol–water partition coefficient (Wildman–Crippen LogP) is 1.31. The van der Waals surface area contributed by atoms with Gasteiger partial charge in [-0.1, -0.05) is 27.2 Å². The molecule has 1 rings (SSSR count). The minimum atomic E-state index is -0.466. The SMILES string of the molecule is CC(C)(C)C(O)CNC(=O)C1CCC1. The van der Waals surface area contributed by atoms with E-state index in [1.54, 1.807) is 0 Å². The van der Waals surface area contributed by atoms with Crippen LogP contribution < -0.4 is 5.32 Å². The van der Waals surface area contributed by atoms with E-state index in [9.17, 15) is 9.90 Å². The summed E-state index contributed by atoms with van der Waals surface area (Å²) >= 11 is 0. The third kappa shape index (κ3) is 2.98. The van der Waals surface area contributed by atoms with E-state index in [0.29, 0.717) is 6.54 Å². The molecule has 0 aromatic carbocycles. The molecule has 0 spiro atoms. The highest BCUT2D eigenvalue weighted by atomic mass is 16.3. The molecule has 82 valence electrons. The van der Waals surface area contributed by atoms with Crippen LogP contribution in [0.5, 0.6) is 0 Å². The van der Waals surface area contributed by atoms with Crippen LogP contribution in [0.4, 0.5) is 0 Å². The number of hydrogen-bond acceptors (Lipinski definition) is 2. The van der Waals surface area contributed by atoms with Crippen molar-refractivity contribution in [2.75, 3.05) is 6.54 Å². The van der Waals surface area contributed by atoms with Gasteiger partial charge >= 0.3 is 0 Å². The topological polar surface area (TPSA) is 49.3 Å². The van der Waals surface area contributed by atoms with E-state index >= 15 is 0 Å². The van der Waals surface area contributed by atoms with Crippen molar-refractivity contribution < 1.29 is 9.90 Å². The van der Waals surface area contributed by atoms with Crippen LogP contribution in [0.1, 0.15) is 40.0 Å². The zero-order valence-electron chi connectivity index (χ0n) is 9.34. The Morgan fingerprint density at radius 1 is 1.50 bits per heavy atom. The summed E-state index contributed by atoms with van der Waals surface area (Å²) in [7, 11) is 0. The zero-order valence-corrected chi connectivity index (χ0v) is 9.34. The largest absolute Gasteiger partial charge is 0.391 e. The van der Waals surface area contributed by atoms with Crippen LogP contribution in [0.3, 0.4) is 0 Å². The van der Waals surface area contributed by atoms with Crippen LogP contribution in [0, 0.1) is 11.3 Å². The van der Waals surface area contributed by atoms with E-state index < -0.39 is 6.10 Å². The molecular formula is C11H21NO2. The van der Waals surface area contributed by atoms with Gasteiger partial charge < -0.3 is 10.4 Å². The molecule has 0 aromatic rings. The summed E-state index contributed by atoms with van der Waals surface area (Å²) in [6, 6.07) is 0. The van der Waals surface area contributed by atoms with Crippen molar-refractivity contribution in [1.82, 2.24) is 5.32 Å². The van der Waals surface area contributed by atoms with Crippen LogP contribution >= 0.6 is 0 Å². The molecule has 1 saturated carbocycles. The summed E-state index contributed by atoms with van der Waals surface area (Å²) in [5.41, 5.74) is -0.160. The van der Waals surface area contributed by atoms with Crippen molar-refractivity contribution in [3.63, 3.8) is 0 Å². The number of aliphatic hydroxyl groups is 1. The minimum absolute atomic E-state index is 0.111. The van der Waals surface area contributed by atoms with Gasteiger partial charge in [0.05, 0.1) is 6.10 Å². The predicted molar refractivity (Wildman–Crippen MR) is 55.8 cm³/mol. The molecule has 3 nitrogen and oxygen atoms in total. The maximum Gasteiger partial charge on any atom is 0.223 e. The van der Waals surface area contributed by atoms with Gasteiger partial charge in [-0.15, -0.1) is 0 Å². The van der Waals surface area contributed by atoms with Gasteiger partial charge in [-0.2, -0.15) is 0 Å². The molecule has 1 unspecified atom stereocenters. The average Bonchev–Trinajstić information content (AvgIpc) is 1.94. The molecule has 1 fully saturated rings. The highest BCUT2D eigenvalue weighted by molar-refractivity contribution is 5.79. The van der Waals surface area contributed by atoms with Gasteiger partial charge in [0.1, 0.15) is 0 Å². The average molecular weight is 199 g/mol. The second-order valence-electron chi connectivity index (χ2n) is 5.25. The first-order valence-electron chi connectivity index (χ1n) is 5.37. The monoisotopic (exact) mass is 199 g/mol. The number of aliphatic hydroxyl groups excluding tert-OH is 1. The molecule has 0 aliphatic heterocycles. The number of carbonyl (C=O) groups excluding carboxylic acids is 1. The summed E-state index contributed by atoms with van der Waals surface area (Å²) in [4.78, 5) is 11.4. The molecular weight excluding hydrogens is 178 g/mol. The van der Waals surface area contributed by atoms with Crippen molar-refractivity contribution in [3.8, 4) is 0 Å². The maximum absolute atomic E-state index is 11.4. The second-order valence-corrected chi connectivity index (χ2v) is 5.25. The summed E-state index contributed by atoms with van der Waals surface area (Å²) in [6.07, 6.45) is 2.72. The number of amides is 1. The standard InChI is InChI=1S/C11H21NO2/c1-11(2,3)9(13)7-12-10(14)8-5-4-6-8/h8-9,13H,4-7H2,1-3H3,(H,12,14). The van der Waals surface area contributed by atoms with E-state index in [1.165, 1.54) is 6.42 Å². The summed E-state index contributed by atoms with van der Waals surface area (Å²) in [5, 5.41) is 12.5. The zero-order chi connectivity index (χ0) is 10.8. The third-order valence-electron chi connectivity index (χ3n) is 2.95. The lowest BCUT2D eigenvalue weighted by atomic mass is 9.84. The molecule has 1 aliphatic carbocycles. The molecule has 0 bridgehead atoms. The highest BCUT2D eigenvalue weighted by Crippen LogP contribution is 2.26. The molecule has 0 aromatic heterocycles. The minimum Gasteiger partial charge on any atom is -0.391 e. The highest BCUT2D eigenvalue weighted by Gasteiger charge is 2.27. The van der Waals surface area contributed by atoms with Crippen molar-refractivity contribution in [3.05, 3.63) is 0 Å². The number of hydrogen-bond donors (Lipinski definition) is 2. The van der Waals surface area contributed by atoms with Gasteiger partial charge in [0.25, 0.3) is 0 Å². The molecule has 14 heavy (non-hydrogen) atoms. The fourth-order valence-corrected chi connectivity index (χ4v) is 1.32. The third-order valence-corrected chi connectivity index (χ3v) is 2.95. The molecule has 1 amide bonds. The number of carbonyl (C=O) groups is 1. The molecule has 2 N–H and O–H groups in total. The quantitative estimate of drug-likeness (QED) is 0.720. The first kappa shape index (κ1) is 11.5. The molecule has 0 radical (unpaired) electrons. The fraction of sp³-hybridized carbons (Fsp3) is 0.909. The maximum atomic E-state index is 11.4. The van der Waals surface area contributed by atoms with Crippen molar-refractivity contribution >= 4 is 5.91 Å².